The van der Waals surface area contributed by atoms with E-state index in [1.165, 1.54) is 24.8 Å². The first kappa shape index (κ1) is 22.7. The Morgan fingerprint density at radius 1 is 1.03 bits per heavy atom. The Kier molecular flexibility index (Phi) is 7.00. The summed E-state index contributed by atoms with van der Waals surface area (Å²) in [6.45, 7) is 1.47. The van der Waals surface area contributed by atoms with Crippen molar-refractivity contribution in [2.24, 2.45) is 5.92 Å². The normalized spacial score (nSPS) is 21.0. The van der Waals surface area contributed by atoms with Gasteiger partial charge in [-0.05, 0) is 55.2 Å². The number of hydrogen-bond acceptors (Lipinski definition) is 4. The van der Waals surface area contributed by atoms with Crippen LogP contribution in [0.3, 0.4) is 0 Å². The lowest BCUT2D eigenvalue weighted by molar-refractivity contribution is -0.137. The maximum atomic E-state index is 13.5. The highest BCUT2D eigenvalue weighted by molar-refractivity contribution is 5.80. The van der Waals surface area contributed by atoms with Crippen LogP contribution in [0.25, 0.3) is 11.3 Å². The van der Waals surface area contributed by atoms with Crippen molar-refractivity contribution >= 4 is 5.91 Å². The monoisotopic (exact) mass is 458 g/mol. The second kappa shape index (κ2) is 10.5. The minimum atomic E-state index is 0.0508. The van der Waals surface area contributed by atoms with E-state index in [4.69, 9.17) is 9.15 Å². The molecule has 3 aromatic rings. The SMILES string of the molecule is COc1ccc(-c2ccco2)cc1CNC1CCN(C(=O)C2CCCCC2)C1c1ccccc1. The predicted molar refractivity (Wildman–Crippen MR) is 133 cm³/mol. The van der Waals surface area contributed by atoms with Crippen molar-refractivity contribution in [1.82, 2.24) is 10.2 Å². The van der Waals surface area contributed by atoms with Gasteiger partial charge in [0, 0.05) is 36.2 Å². The summed E-state index contributed by atoms with van der Waals surface area (Å²) in [5.41, 5.74) is 3.32. The first-order valence-electron chi connectivity index (χ1n) is 12.5. The molecule has 1 aromatic heterocycles. The number of carbonyl (C=O) groups excluding carboxylic acids is 1. The van der Waals surface area contributed by atoms with Crippen molar-refractivity contribution in [3.05, 3.63) is 78.1 Å². The summed E-state index contributed by atoms with van der Waals surface area (Å²) in [5, 5.41) is 3.78. The zero-order chi connectivity index (χ0) is 23.3. The Hall–Kier alpha value is -3.05. The van der Waals surface area contributed by atoms with Gasteiger partial charge in [-0.3, -0.25) is 4.79 Å². The largest absolute Gasteiger partial charge is 0.496 e. The molecule has 2 fully saturated rings. The molecule has 1 aliphatic carbocycles. The molecule has 1 saturated heterocycles. The van der Waals surface area contributed by atoms with Crippen LogP contribution >= 0.6 is 0 Å². The zero-order valence-corrected chi connectivity index (χ0v) is 19.9. The molecule has 1 saturated carbocycles. The minimum absolute atomic E-state index is 0.0508. The van der Waals surface area contributed by atoms with Gasteiger partial charge in [0.25, 0.3) is 0 Å². The van der Waals surface area contributed by atoms with E-state index < -0.39 is 0 Å². The molecule has 2 atom stereocenters. The molecule has 0 bridgehead atoms. The number of nitrogens with zero attached hydrogens (tertiary/aromatic N) is 1. The van der Waals surface area contributed by atoms with E-state index in [-0.39, 0.29) is 18.0 Å². The first-order valence-corrected chi connectivity index (χ1v) is 12.5. The Morgan fingerprint density at radius 2 is 1.85 bits per heavy atom. The topological polar surface area (TPSA) is 54.7 Å². The van der Waals surface area contributed by atoms with Crippen LogP contribution in [0.15, 0.2) is 71.3 Å². The van der Waals surface area contributed by atoms with Crippen LogP contribution in [-0.2, 0) is 11.3 Å². The highest BCUT2D eigenvalue weighted by atomic mass is 16.5. The number of likely N-dealkylation sites (tertiary alicyclic amines) is 1. The van der Waals surface area contributed by atoms with Crippen LogP contribution in [0.1, 0.15) is 55.7 Å². The fourth-order valence-corrected chi connectivity index (χ4v) is 5.65. The molecule has 5 heteroatoms. The lowest BCUT2D eigenvalue weighted by atomic mass is 9.87. The van der Waals surface area contributed by atoms with Crippen molar-refractivity contribution in [3.8, 4) is 17.1 Å². The highest BCUT2D eigenvalue weighted by Gasteiger charge is 2.40. The Bertz CT molecular complexity index is 1070. The smallest absolute Gasteiger partial charge is 0.226 e. The minimum Gasteiger partial charge on any atom is -0.496 e. The number of hydrogen-bond donors (Lipinski definition) is 1. The summed E-state index contributed by atoms with van der Waals surface area (Å²) in [5.74, 6) is 2.22. The summed E-state index contributed by atoms with van der Waals surface area (Å²) in [6, 6.07) is 20.8. The fraction of sp³-hybridized carbons (Fsp3) is 0.414. The van der Waals surface area contributed by atoms with Gasteiger partial charge in [0.1, 0.15) is 11.5 Å². The van der Waals surface area contributed by atoms with Crippen LogP contribution in [0.4, 0.5) is 0 Å². The quantitative estimate of drug-likeness (QED) is 0.474. The summed E-state index contributed by atoms with van der Waals surface area (Å²) in [6.07, 6.45) is 8.31. The molecule has 0 spiro atoms. The molecule has 2 aromatic carbocycles. The van der Waals surface area contributed by atoms with E-state index in [0.29, 0.717) is 12.5 Å². The van der Waals surface area contributed by atoms with Gasteiger partial charge in [0.05, 0.1) is 19.4 Å². The number of rotatable bonds is 7. The van der Waals surface area contributed by atoms with Gasteiger partial charge < -0.3 is 19.4 Å². The molecule has 2 unspecified atom stereocenters. The van der Waals surface area contributed by atoms with Crippen LogP contribution in [0, 0.1) is 5.92 Å². The standard InChI is InChI=1S/C29H34N2O3/c1-33-26-15-14-23(27-13-8-18-34-27)19-24(26)20-30-25-16-17-31(28(25)21-9-4-2-5-10-21)29(32)22-11-6-3-7-12-22/h2,4-5,8-10,13-15,18-19,22,25,28,30H,3,6-7,11-12,16-17,20H2,1H3. The number of benzene rings is 2. The van der Waals surface area contributed by atoms with Gasteiger partial charge in [-0.1, -0.05) is 49.6 Å². The summed E-state index contributed by atoms with van der Waals surface area (Å²) >= 11 is 0. The number of carbonyl (C=O) groups is 1. The predicted octanol–water partition coefficient (Wildman–Crippen LogP) is 5.97. The van der Waals surface area contributed by atoms with Gasteiger partial charge >= 0.3 is 0 Å². The average Bonchev–Trinajstić information content (AvgIpc) is 3.58. The molecule has 2 heterocycles. The summed E-state index contributed by atoms with van der Waals surface area (Å²) < 4.78 is 11.2. The molecular formula is C29H34N2O3. The van der Waals surface area contributed by atoms with E-state index >= 15 is 0 Å². The van der Waals surface area contributed by atoms with Gasteiger partial charge in [-0.25, -0.2) is 0 Å². The van der Waals surface area contributed by atoms with Crippen molar-refractivity contribution < 1.29 is 13.9 Å². The van der Waals surface area contributed by atoms with E-state index in [9.17, 15) is 4.79 Å². The molecule has 2 aliphatic rings. The third-order valence-corrected chi connectivity index (χ3v) is 7.42. The van der Waals surface area contributed by atoms with E-state index in [0.717, 1.165) is 48.4 Å². The maximum Gasteiger partial charge on any atom is 0.226 e. The van der Waals surface area contributed by atoms with Crippen LogP contribution in [0.2, 0.25) is 0 Å². The van der Waals surface area contributed by atoms with Crippen molar-refractivity contribution in [3.63, 3.8) is 0 Å². The maximum absolute atomic E-state index is 13.5. The number of nitrogens with one attached hydrogen (secondary N) is 1. The summed E-state index contributed by atoms with van der Waals surface area (Å²) in [4.78, 5) is 15.7. The van der Waals surface area contributed by atoms with Crippen molar-refractivity contribution in [2.45, 2.75) is 57.2 Å². The third kappa shape index (κ3) is 4.76. The van der Waals surface area contributed by atoms with E-state index in [1.54, 1.807) is 13.4 Å². The second-order valence-electron chi connectivity index (χ2n) is 9.50. The molecule has 34 heavy (non-hydrogen) atoms. The second-order valence-corrected chi connectivity index (χ2v) is 9.50. The van der Waals surface area contributed by atoms with Gasteiger partial charge in [-0.15, -0.1) is 0 Å². The number of methoxy groups -OCH3 is 1. The Morgan fingerprint density at radius 3 is 2.59 bits per heavy atom. The number of ether oxygens (including phenoxy) is 1. The van der Waals surface area contributed by atoms with E-state index in [1.807, 2.05) is 30.3 Å². The van der Waals surface area contributed by atoms with Crippen molar-refractivity contribution in [1.29, 1.82) is 0 Å². The average molecular weight is 459 g/mol. The molecule has 1 amide bonds. The highest BCUT2D eigenvalue weighted by Crippen LogP contribution is 2.37. The molecule has 1 N–H and O–H groups in total. The molecule has 5 rings (SSSR count). The Labute approximate surface area is 202 Å². The Balaban J connectivity index is 1.36. The first-order chi connectivity index (χ1) is 16.7. The van der Waals surface area contributed by atoms with Gasteiger partial charge in [0.2, 0.25) is 5.91 Å². The molecule has 1 aliphatic heterocycles. The molecule has 5 nitrogen and oxygen atoms in total. The lowest BCUT2D eigenvalue weighted by Crippen LogP contribution is -2.41. The van der Waals surface area contributed by atoms with Crippen LogP contribution in [-0.4, -0.2) is 30.5 Å². The van der Waals surface area contributed by atoms with Crippen LogP contribution in [0.5, 0.6) is 5.75 Å². The molecular weight excluding hydrogens is 424 g/mol. The van der Waals surface area contributed by atoms with E-state index in [2.05, 4.69) is 40.5 Å². The van der Waals surface area contributed by atoms with Crippen molar-refractivity contribution in [2.75, 3.05) is 13.7 Å². The zero-order valence-electron chi connectivity index (χ0n) is 19.9. The number of furan rings is 1. The van der Waals surface area contributed by atoms with Gasteiger partial charge in [0.15, 0.2) is 0 Å². The lowest BCUT2D eigenvalue weighted by Gasteiger charge is -2.33. The molecule has 0 radical (unpaired) electrons. The summed E-state index contributed by atoms with van der Waals surface area (Å²) in [7, 11) is 1.71. The number of amides is 1. The fourth-order valence-electron chi connectivity index (χ4n) is 5.65. The van der Waals surface area contributed by atoms with Crippen LogP contribution < -0.4 is 10.1 Å². The third-order valence-electron chi connectivity index (χ3n) is 7.42. The van der Waals surface area contributed by atoms with Gasteiger partial charge in [-0.2, -0.15) is 0 Å². The molecule has 178 valence electrons.